The summed E-state index contributed by atoms with van der Waals surface area (Å²) in [4.78, 5) is 23.8. The van der Waals surface area contributed by atoms with Crippen LogP contribution in [0.1, 0.15) is 181 Å². The van der Waals surface area contributed by atoms with Gasteiger partial charge in [0, 0.05) is 12.8 Å². The van der Waals surface area contributed by atoms with Gasteiger partial charge in [0.25, 0.3) is 0 Å². The molecule has 0 aliphatic rings. The lowest BCUT2D eigenvalue weighted by molar-refractivity contribution is -0.152. The smallest absolute Gasteiger partial charge is 0.305 e. The van der Waals surface area contributed by atoms with Gasteiger partial charge >= 0.3 is 11.9 Å². The third-order valence-corrected chi connectivity index (χ3v) is 7.52. The van der Waals surface area contributed by atoms with E-state index in [4.69, 9.17) is 9.47 Å². The van der Waals surface area contributed by atoms with Crippen molar-refractivity contribution in [2.24, 2.45) is 5.92 Å². The first-order chi connectivity index (χ1) is 19.0. The second kappa shape index (κ2) is 29.9. The fourth-order valence-corrected chi connectivity index (χ4v) is 4.92. The van der Waals surface area contributed by atoms with Gasteiger partial charge in [-0.25, -0.2) is 0 Å². The predicted molar refractivity (Wildman–Crippen MR) is 164 cm³/mol. The number of carbonyl (C=O) groups is 2. The largest absolute Gasteiger partial charge is 0.463 e. The average Bonchev–Trinajstić information content (AvgIpc) is 2.91. The highest BCUT2D eigenvalue weighted by molar-refractivity contribution is 5.69. The molecule has 0 rings (SSSR count). The van der Waals surface area contributed by atoms with Crippen LogP contribution in [0.4, 0.5) is 0 Å². The van der Waals surface area contributed by atoms with E-state index >= 15 is 0 Å². The molecule has 0 bridgehead atoms. The van der Waals surface area contributed by atoms with E-state index in [1.165, 1.54) is 116 Å². The molecule has 0 unspecified atom stereocenters. The molecule has 0 spiro atoms. The van der Waals surface area contributed by atoms with Crippen LogP contribution >= 0.6 is 0 Å². The van der Waals surface area contributed by atoms with Gasteiger partial charge in [0.05, 0.1) is 0 Å². The van der Waals surface area contributed by atoms with E-state index in [-0.39, 0.29) is 25.2 Å². The van der Waals surface area contributed by atoms with Crippen molar-refractivity contribution in [1.29, 1.82) is 0 Å². The maximum atomic E-state index is 11.9. The molecular formula is C34H66O5. The number of aliphatic hydroxyl groups is 1. The molecule has 1 N–H and O–H groups in total. The minimum absolute atomic E-state index is 0.109. The lowest BCUT2D eigenvalue weighted by Gasteiger charge is -2.12. The number of ether oxygens (including phenoxy) is 2. The fraction of sp³-hybridized carbons (Fsp3) is 0.941. The van der Waals surface area contributed by atoms with E-state index in [0.717, 1.165) is 38.0 Å². The Morgan fingerprint density at radius 1 is 0.513 bits per heavy atom. The van der Waals surface area contributed by atoms with Gasteiger partial charge in [-0.05, 0) is 18.8 Å². The Morgan fingerprint density at radius 3 is 1.15 bits per heavy atom. The first-order valence-electron chi connectivity index (χ1n) is 16.9. The van der Waals surface area contributed by atoms with E-state index in [1.54, 1.807) is 0 Å². The number of aliphatic hydroxyl groups excluding tert-OH is 1. The molecule has 232 valence electrons. The molecule has 0 radical (unpaired) electrons. The lowest BCUT2D eigenvalue weighted by atomic mass is 10.0. The molecular weight excluding hydrogens is 488 g/mol. The summed E-state index contributed by atoms with van der Waals surface area (Å²) in [6, 6.07) is 0. The second-order valence-electron chi connectivity index (χ2n) is 12.1. The van der Waals surface area contributed by atoms with Crippen LogP contribution in [0.15, 0.2) is 0 Å². The minimum Gasteiger partial charge on any atom is -0.463 e. The van der Waals surface area contributed by atoms with Crippen molar-refractivity contribution in [3.05, 3.63) is 0 Å². The first-order valence-corrected chi connectivity index (χ1v) is 16.9. The maximum Gasteiger partial charge on any atom is 0.305 e. The van der Waals surface area contributed by atoms with Gasteiger partial charge < -0.3 is 14.6 Å². The van der Waals surface area contributed by atoms with Crippen LogP contribution < -0.4 is 0 Å². The third kappa shape index (κ3) is 31.3. The molecule has 39 heavy (non-hydrogen) atoms. The quantitative estimate of drug-likeness (QED) is 0.0706. The SMILES string of the molecule is CCCCCCCCCCCCCCCC(=O)OC[C@@H](O)COC(=O)CCCCCCCCCCCC(C)C. The van der Waals surface area contributed by atoms with E-state index in [0.29, 0.717) is 12.8 Å². The summed E-state index contributed by atoms with van der Waals surface area (Å²) in [7, 11) is 0. The summed E-state index contributed by atoms with van der Waals surface area (Å²) in [5.41, 5.74) is 0. The molecule has 5 nitrogen and oxygen atoms in total. The van der Waals surface area contributed by atoms with Gasteiger partial charge in [-0.1, -0.05) is 156 Å². The molecule has 0 aromatic rings. The normalized spacial score (nSPS) is 12.1. The van der Waals surface area contributed by atoms with Crippen LogP contribution in [-0.4, -0.2) is 36.4 Å². The zero-order chi connectivity index (χ0) is 28.8. The highest BCUT2D eigenvalue weighted by atomic mass is 16.6. The van der Waals surface area contributed by atoms with Gasteiger partial charge in [0.15, 0.2) is 0 Å². The van der Waals surface area contributed by atoms with E-state index in [9.17, 15) is 14.7 Å². The molecule has 0 aromatic heterocycles. The summed E-state index contributed by atoms with van der Waals surface area (Å²) in [6.45, 7) is 6.62. The molecule has 0 fully saturated rings. The van der Waals surface area contributed by atoms with Crippen LogP contribution in [-0.2, 0) is 19.1 Å². The molecule has 1 atom stereocenters. The highest BCUT2D eigenvalue weighted by Gasteiger charge is 2.12. The average molecular weight is 555 g/mol. The summed E-state index contributed by atoms with van der Waals surface area (Å²) in [5.74, 6) is 0.262. The van der Waals surface area contributed by atoms with E-state index in [2.05, 4.69) is 20.8 Å². The van der Waals surface area contributed by atoms with Crippen LogP contribution in [0, 0.1) is 5.92 Å². The van der Waals surface area contributed by atoms with Gasteiger partial charge in [0.2, 0.25) is 0 Å². The first kappa shape index (κ1) is 37.9. The van der Waals surface area contributed by atoms with Crippen molar-refractivity contribution < 1.29 is 24.2 Å². The third-order valence-electron chi connectivity index (χ3n) is 7.52. The van der Waals surface area contributed by atoms with Crippen molar-refractivity contribution >= 4 is 11.9 Å². The van der Waals surface area contributed by atoms with Gasteiger partial charge in [0.1, 0.15) is 19.3 Å². The van der Waals surface area contributed by atoms with Crippen molar-refractivity contribution in [3.8, 4) is 0 Å². The number of carbonyl (C=O) groups excluding carboxylic acids is 2. The van der Waals surface area contributed by atoms with Crippen LogP contribution in [0.5, 0.6) is 0 Å². The minimum atomic E-state index is -0.954. The summed E-state index contributed by atoms with van der Waals surface area (Å²) >= 11 is 0. The van der Waals surface area contributed by atoms with Crippen LogP contribution in [0.2, 0.25) is 0 Å². The van der Waals surface area contributed by atoms with Crippen LogP contribution in [0.25, 0.3) is 0 Å². The van der Waals surface area contributed by atoms with Crippen LogP contribution in [0.3, 0.4) is 0 Å². The van der Waals surface area contributed by atoms with Crippen molar-refractivity contribution in [2.75, 3.05) is 13.2 Å². The Kier molecular flexibility index (Phi) is 29.0. The van der Waals surface area contributed by atoms with Crippen molar-refractivity contribution in [1.82, 2.24) is 0 Å². The Labute approximate surface area is 242 Å². The summed E-state index contributed by atoms with van der Waals surface area (Å²) in [6.07, 6.45) is 28.6. The molecule has 0 saturated carbocycles. The van der Waals surface area contributed by atoms with E-state index < -0.39 is 6.10 Å². The lowest BCUT2D eigenvalue weighted by Crippen LogP contribution is -2.25. The molecule has 0 aromatic carbocycles. The fourth-order valence-electron chi connectivity index (χ4n) is 4.92. The topological polar surface area (TPSA) is 72.8 Å². The van der Waals surface area contributed by atoms with Gasteiger partial charge in [-0.15, -0.1) is 0 Å². The molecule has 0 aliphatic carbocycles. The van der Waals surface area contributed by atoms with Gasteiger partial charge in [-0.2, -0.15) is 0 Å². The number of hydrogen-bond donors (Lipinski definition) is 1. The van der Waals surface area contributed by atoms with Gasteiger partial charge in [-0.3, -0.25) is 9.59 Å². The molecule has 5 heteroatoms. The van der Waals surface area contributed by atoms with E-state index in [1.807, 2.05) is 0 Å². The standard InChI is InChI=1S/C34H66O5/c1-4-5-6-7-8-9-10-11-12-15-18-21-24-27-33(36)38-29-32(35)30-39-34(37)28-25-22-19-16-13-14-17-20-23-26-31(2)3/h31-32,35H,4-30H2,1-3H3/t32-/m1/s1. The highest BCUT2D eigenvalue weighted by Crippen LogP contribution is 2.15. The zero-order valence-electron chi connectivity index (χ0n) is 26.3. The zero-order valence-corrected chi connectivity index (χ0v) is 26.3. The Hall–Kier alpha value is -1.10. The summed E-state index contributed by atoms with van der Waals surface area (Å²) < 4.78 is 10.3. The maximum absolute atomic E-state index is 11.9. The number of rotatable bonds is 30. The molecule has 0 aliphatic heterocycles. The van der Waals surface area contributed by atoms with Crippen molar-refractivity contribution in [2.45, 2.75) is 187 Å². The predicted octanol–water partition coefficient (Wildman–Crippen LogP) is 9.86. The number of unbranched alkanes of at least 4 members (excludes halogenated alkanes) is 20. The monoisotopic (exact) mass is 554 g/mol. The van der Waals surface area contributed by atoms with Crippen molar-refractivity contribution in [3.63, 3.8) is 0 Å². The Balaban J connectivity index is 3.41. The second-order valence-corrected chi connectivity index (χ2v) is 12.1. The Morgan fingerprint density at radius 2 is 0.821 bits per heavy atom. The molecule has 0 heterocycles. The molecule has 0 amide bonds. The number of esters is 2. The summed E-state index contributed by atoms with van der Waals surface area (Å²) in [5, 5.41) is 9.95. The number of hydrogen-bond acceptors (Lipinski definition) is 5. The Bertz CT molecular complexity index is 534. The molecule has 0 saturated heterocycles.